The van der Waals surface area contributed by atoms with Crippen molar-refractivity contribution in [3.63, 3.8) is 0 Å². The molecule has 2 nitrogen and oxygen atoms in total. The van der Waals surface area contributed by atoms with Gasteiger partial charge in [-0.15, -0.1) is 0 Å². The van der Waals surface area contributed by atoms with E-state index in [0.717, 1.165) is 11.3 Å². The quantitative estimate of drug-likeness (QED) is 0.836. The molecule has 0 heterocycles. The van der Waals surface area contributed by atoms with Gasteiger partial charge in [0.05, 0.1) is 7.11 Å². The fourth-order valence-corrected chi connectivity index (χ4v) is 1.50. The number of benzene rings is 2. The molecule has 0 fully saturated rings. The highest BCUT2D eigenvalue weighted by molar-refractivity contribution is 5.70. The Balaban J connectivity index is 0.000000606. The van der Waals surface area contributed by atoms with Crippen molar-refractivity contribution in [2.75, 3.05) is 14.2 Å². The number of ether oxygens (including phenoxy) is 1. The number of hydrogen-bond donors (Lipinski definition) is 1. The molecule has 0 aliphatic heterocycles. The van der Waals surface area contributed by atoms with Crippen LogP contribution in [-0.2, 0) is 0 Å². The molecule has 16 heavy (non-hydrogen) atoms. The van der Waals surface area contributed by atoms with E-state index in [1.165, 1.54) is 12.6 Å². The molecule has 0 unspecified atom stereocenters. The number of rotatable bonds is 2. The fourth-order valence-electron chi connectivity index (χ4n) is 1.50. The minimum absolute atomic E-state index is 0.915. The molecule has 0 bridgehead atoms. The Kier molecular flexibility index (Phi) is 5.09. The number of methoxy groups -OCH3 is 1. The highest BCUT2D eigenvalue weighted by Crippen LogP contribution is 2.28. The summed E-state index contributed by atoms with van der Waals surface area (Å²) in [7, 11) is 3.20. The summed E-state index contributed by atoms with van der Waals surface area (Å²) >= 11 is 0. The first-order chi connectivity index (χ1) is 7.92. The molecule has 0 saturated heterocycles. The molecule has 0 aliphatic rings. The Labute approximate surface area is 96.7 Å². The summed E-state index contributed by atoms with van der Waals surface area (Å²) in [6, 6.07) is 18.3. The molecule has 0 spiro atoms. The molecule has 0 atom stereocenters. The Morgan fingerprint density at radius 1 is 0.812 bits per heavy atom. The van der Waals surface area contributed by atoms with Crippen molar-refractivity contribution in [3.05, 3.63) is 54.6 Å². The van der Waals surface area contributed by atoms with Gasteiger partial charge in [0.15, 0.2) is 0 Å². The van der Waals surface area contributed by atoms with Gasteiger partial charge in [-0.25, -0.2) is 0 Å². The first-order valence-electron chi connectivity index (χ1n) is 5.18. The van der Waals surface area contributed by atoms with Crippen LogP contribution in [0, 0.1) is 0 Å². The van der Waals surface area contributed by atoms with E-state index in [0.29, 0.717) is 0 Å². The van der Waals surface area contributed by atoms with Crippen molar-refractivity contribution in [1.29, 1.82) is 0 Å². The SMILES string of the molecule is CN.COc1ccccc1-c1ccccc1. The number of para-hydroxylation sites is 1. The summed E-state index contributed by atoms with van der Waals surface area (Å²) in [5.41, 5.74) is 6.82. The van der Waals surface area contributed by atoms with E-state index >= 15 is 0 Å². The van der Waals surface area contributed by atoms with Crippen LogP contribution in [-0.4, -0.2) is 14.2 Å². The van der Waals surface area contributed by atoms with Crippen LogP contribution in [0.15, 0.2) is 54.6 Å². The minimum atomic E-state index is 0.915. The smallest absolute Gasteiger partial charge is 0.126 e. The zero-order valence-electron chi connectivity index (χ0n) is 9.68. The molecular weight excluding hydrogens is 198 g/mol. The largest absolute Gasteiger partial charge is 0.496 e. The summed E-state index contributed by atoms with van der Waals surface area (Å²) in [6.07, 6.45) is 0. The second-order valence-electron chi connectivity index (χ2n) is 3.07. The van der Waals surface area contributed by atoms with Crippen LogP contribution in [0.3, 0.4) is 0 Å². The lowest BCUT2D eigenvalue weighted by Crippen LogP contribution is -1.86. The van der Waals surface area contributed by atoms with Crippen molar-refractivity contribution < 1.29 is 4.74 Å². The van der Waals surface area contributed by atoms with Crippen LogP contribution in [0.5, 0.6) is 5.75 Å². The molecular formula is C14H17NO. The van der Waals surface area contributed by atoms with Crippen molar-refractivity contribution in [3.8, 4) is 16.9 Å². The molecule has 0 aromatic heterocycles. The molecule has 2 aromatic rings. The molecule has 2 heteroatoms. The van der Waals surface area contributed by atoms with E-state index in [2.05, 4.69) is 23.9 Å². The van der Waals surface area contributed by atoms with Crippen LogP contribution in [0.4, 0.5) is 0 Å². The Bertz CT molecular complexity index is 412. The van der Waals surface area contributed by atoms with Gasteiger partial charge in [-0.2, -0.15) is 0 Å². The lowest BCUT2D eigenvalue weighted by atomic mass is 10.1. The standard InChI is InChI=1S/C13H12O.CH5N/c1-14-13-10-6-5-9-12(13)11-7-3-2-4-8-11;1-2/h2-10H,1H3;2H2,1H3. The van der Waals surface area contributed by atoms with Crippen molar-refractivity contribution in [2.24, 2.45) is 5.73 Å². The van der Waals surface area contributed by atoms with Crippen molar-refractivity contribution in [1.82, 2.24) is 0 Å². The third-order valence-corrected chi connectivity index (χ3v) is 2.19. The lowest BCUT2D eigenvalue weighted by Gasteiger charge is -2.07. The molecule has 2 N–H and O–H groups in total. The second-order valence-corrected chi connectivity index (χ2v) is 3.07. The van der Waals surface area contributed by atoms with E-state index in [-0.39, 0.29) is 0 Å². The molecule has 0 radical (unpaired) electrons. The molecule has 84 valence electrons. The minimum Gasteiger partial charge on any atom is -0.496 e. The molecule has 2 rings (SSSR count). The first-order valence-corrected chi connectivity index (χ1v) is 5.18. The van der Waals surface area contributed by atoms with E-state index in [1.807, 2.05) is 36.4 Å². The van der Waals surface area contributed by atoms with Gasteiger partial charge in [0.25, 0.3) is 0 Å². The van der Waals surface area contributed by atoms with Gasteiger partial charge in [-0.05, 0) is 18.7 Å². The summed E-state index contributed by atoms with van der Waals surface area (Å²) in [6.45, 7) is 0. The monoisotopic (exact) mass is 215 g/mol. The van der Waals surface area contributed by atoms with E-state index in [9.17, 15) is 0 Å². The summed E-state index contributed by atoms with van der Waals surface area (Å²) in [4.78, 5) is 0. The third kappa shape index (κ3) is 2.84. The average molecular weight is 215 g/mol. The summed E-state index contributed by atoms with van der Waals surface area (Å²) < 4.78 is 5.30. The topological polar surface area (TPSA) is 35.2 Å². The average Bonchev–Trinajstić information content (AvgIpc) is 2.42. The van der Waals surface area contributed by atoms with E-state index in [4.69, 9.17) is 4.74 Å². The summed E-state index contributed by atoms with van der Waals surface area (Å²) in [5.74, 6) is 0.915. The predicted molar refractivity (Wildman–Crippen MR) is 68.5 cm³/mol. The van der Waals surface area contributed by atoms with Gasteiger partial charge in [0.1, 0.15) is 5.75 Å². The second kappa shape index (κ2) is 6.64. The van der Waals surface area contributed by atoms with Crippen LogP contribution in [0.25, 0.3) is 11.1 Å². The predicted octanol–water partition coefficient (Wildman–Crippen LogP) is 2.94. The van der Waals surface area contributed by atoms with Gasteiger partial charge >= 0.3 is 0 Å². The van der Waals surface area contributed by atoms with Crippen molar-refractivity contribution in [2.45, 2.75) is 0 Å². The van der Waals surface area contributed by atoms with E-state index in [1.54, 1.807) is 7.11 Å². The van der Waals surface area contributed by atoms with Gasteiger partial charge in [0, 0.05) is 5.56 Å². The van der Waals surface area contributed by atoms with Crippen LogP contribution in [0.2, 0.25) is 0 Å². The maximum atomic E-state index is 5.30. The van der Waals surface area contributed by atoms with Crippen molar-refractivity contribution >= 4 is 0 Å². The fraction of sp³-hybridized carbons (Fsp3) is 0.143. The zero-order chi connectivity index (χ0) is 11.8. The molecule has 0 saturated carbocycles. The van der Waals surface area contributed by atoms with E-state index < -0.39 is 0 Å². The van der Waals surface area contributed by atoms with Gasteiger partial charge in [-0.1, -0.05) is 48.5 Å². The Morgan fingerprint density at radius 3 is 2.00 bits per heavy atom. The first kappa shape index (κ1) is 12.3. The van der Waals surface area contributed by atoms with Gasteiger partial charge < -0.3 is 10.5 Å². The van der Waals surface area contributed by atoms with Gasteiger partial charge in [0.2, 0.25) is 0 Å². The zero-order valence-corrected chi connectivity index (χ0v) is 9.68. The Hall–Kier alpha value is -1.80. The number of hydrogen-bond acceptors (Lipinski definition) is 2. The maximum Gasteiger partial charge on any atom is 0.126 e. The normalized spacial score (nSPS) is 8.94. The van der Waals surface area contributed by atoms with Crippen LogP contribution in [0.1, 0.15) is 0 Å². The molecule has 0 amide bonds. The third-order valence-electron chi connectivity index (χ3n) is 2.19. The highest BCUT2D eigenvalue weighted by atomic mass is 16.5. The maximum absolute atomic E-state index is 5.30. The lowest BCUT2D eigenvalue weighted by molar-refractivity contribution is 0.416. The molecule has 0 aliphatic carbocycles. The molecule has 2 aromatic carbocycles. The van der Waals surface area contributed by atoms with Gasteiger partial charge in [-0.3, -0.25) is 0 Å². The Morgan fingerprint density at radius 2 is 1.38 bits per heavy atom. The highest BCUT2D eigenvalue weighted by Gasteiger charge is 2.02. The summed E-state index contributed by atoms with van der Waals surface area (Å²) in [5, 5.41) is 0. The van der Waals surface area contributed by atoms with Crippen LogP contribution < -0.4 is 10.5 Å². The number of nitrogens with two attached hydrogens (primary N) is 1. The van der Waals surface area contributed by atoms with Crippen LogP contribution >= 0.6 is 0 Å².